The molecule has 2 N–H and O–H groups in total. The molecule has 11 nitrogen and oxygen atoms in total. The van der Waals surface area contributed by atoms with Gasteiger partial charge in [-0.3, -0.25) is 9.69 Å². The fourth-order valence-electron chi connectivity index (χ4n) is 5.28. The van der Waals surface area contributed by atoms with E-state index in [2.05, 4.69) is 52.1 Å². The summed E-state index contributed by atoms with van der Waals surface area (Å²) in [5, 5.41) is 16.0. The monoisotopic (exact) mass is 677 g/mol. The Kier molecular flexibility index (Phi) is 13.3. The molecular formula is C36H39NO10S. The van der Waals surface area contributed by atoms with E-state index in [9.17, 15) is 9.59 Å². The topological polar surface area (TPSA) is 149 Å². The first-order valence-electron chi connectivity index (χ1n) is 15.5. The first-order chi connectivity index (χ1) is 23.2. The zero-order valence-corrected chi connectivity index (χ0v) is 27.8. The lowest BCUT2D eigenvalue weighted by Gasteiger charge is -2.15. The van der Waals surface area contributed by atoms with Gasteiger partial charge in [0.2, 0.25) is 0 Å². The number of nitrogens with zero attached hydrogens (tertiary/aromatic N) is 1. The number of hydrogen-bond acceptors (Lipinski definition) is 10. The van der Waals surface area contributed by atoms with Gasteiger partial charge in [0.1, 0.15) is 23.7 Å². The largest absolute Gasteiger partial charge is 0.493 e. The van der Waals surface area contributed by atoms with Crippen molar-refractivity contribution in [3.8, 4) is 21.9 Å². The summed E-state index contributed by atoms with van der Waals surface area (Å²) < 4.78 is 22.8. The highest BCUT2D eigenvalue weighted by Gasteiger charge is 2.20. The van der Waals surface area contributed by atoms with Crippen molar-refractivity contribution in [1.29, 1.82) is 0 Å². The number of carboxylic acid groups (broad SMARTS) is 2. The van der Waals surface area contributed by atoms with Gasteiger partial charge in [0, 0.05) is 22.5 Å². The number of carboxylic acids is 2. The molecule has 0 radical (unpaired) electrons. The van der Waals surface area contributed by atoms with Gasteiger partial charge in [-0.25, -0.2) is 14.4 Å². The molecule has 1 aromatic heterocycles. The van der Waals surface area contributed by atoms with Gasteiger partial charge in [-0.05, 0) is 97.2 Å². The Bertz CT molecular complexity index is 1700. The van der Waals surface area contributed by atoms with Crippen LogP contribution in [0.2, 0.25) is 0 Å². The molecule has 0 aliphatic carbocycles. The van der Waals surface area contributed by atoms with Crippen molar-refractivity contribution in [1.82, 2.24) is 4.90 Å². The van der Waals surface area contributed by atoms with Crippen LogP contribution in [0.1, 0.15) is 47.2 Å². The number of carbonyl (C=O) groups excluding carboxylic acids is 2. The lowest BCUT2D eigenvalue weighted by molar-refractivity contribution is -0.159. The van der Waals surface area contributed by atoms with Crippen molar-refractivity contribution in [2.45, 2.75) is 32.1 Å². The summed E-state index contributed by atoms with van der Waals surface area (Å²) >= 11 is 1.71. The molecule has 3 aromatic carbocycles. The number of benzene rings is 3. The second-order valence-electron chi connectivity index (χ2n) is 11.0. The second-order valence-corrected chi connectivity index (χ2v) is 12.0. The minimum atomic E-state index is -1.82. The van der Waals surface area contributed by atoms with E-state index >= 15 is 0 Å². The van der Waals surface area contributed by atoms with Crippen LogP contribution in [0.25, 0.3) is 20.5 Å². The smallest absolute Gasteiger partial charge is 0.414 e. The number of rotatable bonds is 13. The average molecular weight is 678 g/mol. The Morgan fingerprint density at radius 3 is 2.21 bits per heavy atom. The van der Waals surface area contributed by atoms with Gasteiger partial charge in [0.15, 0.2) is 0 Å². The predicted molar refractivity (Wildman–Crippen MR) is 181 cm³/mol. The Hall–Kier alpha value is -4.94. The third kappa shape index (κ3) is 10.0. The molecule has 1 aliphatic rings. The number of fused-ring (bicyclic) bond motifs is 1. The van der Waals surface area contributed by atoms with Crippen LogP contribution in [0.3, 0.4) is 0 Å². The molecule has 0 bridgehead atoms. The van der Waals surface area contributed by atoms with Crippen molar-refractivity contribution in [3.63, 3.8) is 0 Å². The third-order valence-electron chi connectivity index (χ3n) is 7.72. The SMILES string of the molecule is COC(=O)CCCOc1ccc(-c2sc3ccccc3c2Cc2ccc(OCCN3CCCC3)cc2)cc1C(=O)OC.O=C(O)C(=O)O. The lowest BCUT2D eigenvalue weighted by Crippen LogP contribution is -2.25. The van der Waals surface area contributed by atoms with E-state index in [0.29, 0.717) is 24.3 Å². The molecule has 0 amide bonds. The zero-order chi connectivity index (χ0) is 34.5. The molecular weight excluding hydrogens is 638 g/mol. The predicted octanol–water partition coefficient (Wildman–Crippen LogP) is 5.91. The van der Waals surface area contributed by atoms with E-state index in [4.69, 9.17) is 34.0 Å². The zero-order valence-electron chi connectivity index (χ0n) is 26.9. The molecule has 254 valence electrons. The molecule has 0 unspecified atom stereocenters. The van der Waals surface area contributed by atoms with Crippen LogP contribution in [0, 0.1) is 0 Å². The Morgan fingerprint density at radius 1 is 0.833 bits per heavy atom. The summed E-state index contributed by atoms with van der Waals surface area (Å²) in [6, 6.07) is 22.4. The van der Waals surface area contributed by atoms with Crippen LogP contribution < -0.4 is 9.47 Å². The number of likely N-dealkylation sites (tertiary alicyclic amines) is 1. The summed E-state index contributed by atoms with van der Waals surface area (Å²) in [6.45, 7) is 4.30. The second kappa shape index (κ2) is 17.8. The summed E-state index contributed by atoms with van der Waals surface area (Å²) in [5.74, 6) is -3.09. The standard InChI is InChI=1S/C34H37NO6S.C2H2O4/c1-38-32(36)10-7-20-41-30-16-13-25(23-29(30)34(37)39-2)33-28(27-8-3-4-9-31(27)42-33)22-24-11-14-26(15-12-24)40-21-19-35-17-5-6-18-35;3-1(4)2(5)6/h3-4,8-9,11-16,23H,5-7,10,17-22H2,1-2H3;(H,3,4)(H,5,6). The highest BCUT2D eigenvalue weighted by molar-refractivity contribution is 7.22. The van der Waals surface area contributed by atoms with Crippen molar-refractivity contribution >= 4 is 45.3 Å². The van der Waals surface area contributed by atoms with E-state index in [-0.39, 0.29) is 19.0 Å². The number of carbonyl (C=O) groups is 4. The summed E-state index contributed by atoms with van der Waals surface area (Å²) in [4.78, 5) is 45.9. The number of methoxy groups -OCH3 is 2. The van der Waals surface area contributed by atoms with E-state index in [1.807, 2.05) is 24.3 Å². The van der Waals surface area contributed by atoms with Crippen LogP contribution in [-0.4, -0.2) is 86.1 Å². The highest BCUT2D eigenvalue weighted by Crippen LogP contribution is 2.41. The number of thiophene rings is 1. The van der Waals surface area contributed by atoms with E-state index in [0.717, 1.165) is 29.2 Å². The minimum absolute atomic E-state index is 0.249. The van der Waals surface area contributed by atoms with E-state index in [1.54, 1.807) is 11.3 Å². The quantitative estimate of drug-likeness (QED) is 0.0989. The molecule has 0 spiro atoms. The Labute approximate surface area is 282 Å². The molecule has 48 heavy (non-hydrogen) atoms. The minimum Gasteiger partial charge on any atom is -0.493 e. The summed E-state index contributed by atoms with van der Waals surface area (Å²) in [7, 11) is 2.72. The average Bonchev–Trinajstić information content (AvgIpc) is 3.75. The highest BCUT2D eigenvalue weighted by atomic mass is 32.1. The maximum absolute atomic E-state index is 12.7. The number of esters is 2. The summed E-state index contributed by atoms with van der Waals surface area (Å²) in [5.41, 5.74) is 3.67. The normalized spacial score (nSPS) is 12.5. The van der Waals surface area contributed by atoms with Crippen LogP contribution in [0.15, 0.2) is 66.7 Å². The molecule has 1 aliphatic heterocycles. The fourth-order valence-corrected chi connectivity index (χ4v) is 6.50. The molecule has 12 heteroatoms. The van der Waals surface area contributed by atoms with Gasteiger partial charge in [0.25, 0.3) is 0 Å². The molecule has 1 fully saturated rings. The third-order valence-corrected chi connectivity index (χ3v) is 8.98. The van der Waals surface area contributed by atoms with Gasteiger partial charge in [-0.15, -0.1) is 11.3 Å². The molecule has 2 heterocycles. The molecule has 0 saturated carbocycles. The lowest BCUT2D eigenvalue weighted by atomic mass is 9.98. The Morgan fingerprint density at radius 2 is 1.54 bits per heavy atom. The van der Waals surface area contributed by atoms with Gasteiger partial charge < -0.3 is 29.2 Å². The van der Waals surface area contributed by atoms with Gasteiger partial charge in [0.05, 0.1) is 20.8 Å². The Balaban J connectivity index is 0.000000794. The number of ether oxygens (including phenoxy) is 4. The van der Waals surface area contributed by atoms with Gasteiger partial charge in [-0.2, -0.15) is 0 Å². The van der Waals surface area contributed by atoms with Crippen molar-refractivity contribution < 1.29 is 48.3 Å². The molecule has 4 aromatic rings. The van der Waals surface area contributed by atoms with Crippen molar-refractivity contribution in [2.75, 3.05) is 47.1 Å². The first-order valence-corrected chi connectivity index (χ1v) is 16.3. The number of hydrogen-bond donors (Lipinski definition) is 2. The summed E-state index contributed by atoms with van der Waals surface area (Å²) in [6.07, 6.45) is 4.05. The van der Waals surface area contributed by atoms with Gasteiger partial charge >= 0.3 is 23.9 Å². The van der Waals surface area contributed by atoms with Crippen molar-refractivity contribution in [3.05, 3.63) is 83.4 Å². The molecule has 1 saturated heterocycles. The van der Waals surface area contributed by atoms with Crippen LogP contribution in [0.4, 0.5) is 0 Å². The van der Waals surface area contributed by atoms with Crippen LogP contribution in [0.5, 0.6) is 11.5 Å². The van der Waals surface area contributed by atoms with Crippen LogP contribution >= 0.6 is 11.3 Å². The molecule has 5 rings (SSSR count). The molecule has 0 atom stereocenters. The first kappa shape index (κ1) is 35.9. The van der Waals surface area contributed by atoms with E-state index in [1.165, 1.54) is 61.4 Å². The van der Waals surface area contributed by atoms with E-state index < -0.39 is 17.9 Å². The number of aliphatic carboxylic acids is 2. The fraction of sp³-hybridized carbons (Fsp3) is 0.333. The van der Waals surface area contributed by atoms with Crippen molar-refractivity contribution in [2.24, 2.45) is 0 Å². The maximum atomic E-state index is 12.7. The maximum Gasteiger partial charge on any atom is 0.414 e. The van der Waals surface area contributed by atoms with Crippen LogP contribution in [-0.2, 0) is 30.3 Å². The van der Waals surface area contributed by atoms with Gasteiger partial charge in [-0.1, -0.05) is 30.3 Å².